The molecule has 0 aromatic carbocycles. The number of aliphatic imine (C=N–C) groups is 1. The van der Waals surface area contributed by atoms with Crippen LogP contribution in [-0.4, -0.2) is 65.7 Å². The van der Waals surface area contributed by atoms with Gasteiger partial charge in [-0.3, -0.25) is 4.90 Å². The first-order valence-corrected chi connectivity index (χ1v) is 10.2. The number of hydrogen-bond acceptors (Lipinski definition) is 4. The Labute approximate surface area is 186 Å². The predicted octanol–water partition coefficient (Wildman–Crippen LogP) is 4.09. The Bertz CT molecular complexity index is 634. The number of thiazole rings is 1. The standard InChI is InChI=1S/C18H30F3N5S.HI/c1-6-22-16(23-11-15-24-14(12-27-15)17(3,4)5)26-9-7-25(8-10-26)13(2)18(19,20)21;/h12-13H,6-11H2,1-5H3,(H,22,23);1H. The Morgan fingerprint density at radius 3 is 2.32 bits per heavy atom. The average molecular weight is 533 g/mol. The van der Waals surface area contributed by atoms with Gasteiger partial charge in [-0.15, -0.1) is 35.3 Å². The summed E-state index contributed by atoms with van der Waals surface area (Å²) in [5.74, 6) is 0.740. The Balaban J connectivity index is 0.00000392. The fourth-order valence-corrected chi connectivity index (χ4v) is 3.77. The highest BCUT2D eigenvalue weighted by atomic mass is 127. The Kier molecular flexibility index (Phi) is 9.46. The zero-order chi connectivity index (χ0) is 20.2. The number of guanidine groups is 1. The molecule has 0 aliphatic carbocycles. The van der Waals surface area contributed by atoms with Crippen LogP contribution in [-0.2, 0) is 12.0 Å². The van der Waals surface area contributed by atoms with E-state index in [0.29, 0.717) is 39.3 Å². The molecule has 5 nitrogen and oxygen atoms in total. The lowest BCUT2D eigenvalue weighted by Gasteiger charge is -2.39. The average Bonchev–Trinajstić information content (AvgIpc) is 3.07. The molecule has 1 unspecified atom stereocenters. The van der Waals surface area contributed by atoms with Gasteiger partial charge in [0.2, 0.25) is 0 Å². The third-order valence-electron chi connectivity index (χ3n) is 4.65. The lowest BCUT2D eigenvalue weighted by molar-refractivity contribution is -0.181. The second kappa shape index (κ2) is 10.4. The number of rotatable bonds is 4. The largest absolute Gasteiger partial charge is 0.403 e. The van der Waals surface area contributed by atoms with E-state index in [1.807, 2.05) is 11.8 Å². The molecular formula is C18H31F3IN5S. The van der Waals surface area contributed by atoms with Crippen molar-refractivity contribution in [2.45, 2.75) is 58.8 Å². The summed E-state index contributed by atoms with van der Waals surface area (Å²) in [6.07, 6.45) is -4.18. The van der Waals surface area contributed by atoms with Gasteiger partial charge in [0.05, 0.1) is 12.2 Å². The van der Waals surface area contributed by atoms with E-state index >= 15 is 0 Å². The number of nitrogens with one attached hydrogen (secondary N) is 1. The van der Waals surface area contributed by atoms with Crippen LogP contribution in [0, 0.1) is 0 Å². The lowest BCUT2D eigenvalue weighted by atomic mass is 9.93. The Hall–Kier alpha value is -0.620. The van der Waals surface area contributed by atoms with Crippen LogP contribution in [0.5, 0.6) is 0 Å². The lowest BCUT2D eigenvalue weighted by Crippen LogP contribution is -2.56. The molecule has 1 aromatic rings. The first-order valence-electron chi connectivity index (χ1n) is 9.31. The van der Waals surface area contributed by atoms with Crippen molar-refractivity contribution >= 4 is 41.3 Å². The van der Waals surface area contributed by atoms with Crippen LogP contribution in [0.4, 0.5) is 13.2 Å². The molecule has 1 aliphatic heterocycles. The van der Waals surface area contributed by atoms with Crippen molar-refractivity contribution < 1.29 is 13.2 Å². The van der Waals surface area contributed by atoms with Crippen LogP contribution in [0.2, 0.25) is 0 Å². The fourth-order valence-electron chi connectivity index (χ4n) is 2.82. The first-order chi connectivity index (χ1) is 12.5. The number of alkyl halides is 3. The third-order valence-corrected chi connectivity index (χ3v) is 5.49. The van der Waals surface area contributed by atoms with E-state index < -0.39 is 12.2 Å². The minimum absolute atomic E-state index is 0. The van der Waals surface area contributed by atoms with Gasteiger partial charge in [-0.05, 0) is 13.8 Å². The zero-order valence-electron chi connectivity index (χ0n) is 17.1. The Morgan fingerprint density at radius 2 is 1.86 bits per heavy atom. The van der Waals surface area contributed by atoms with Gasteiger partial charge in [-0.2, -0.15) is 13.2 Å². The third kappa shape index (κ3) is 7.01. The van der Waals surface area contributed by atoms with Gasteiger partial charge in [0, 0.05) is 43.5 Å². The van der Waals surface area contributed by atoms with Crippen LogP contribution in [0.1, 0.15) is 45.3 Å². The van der Waals surface area contributed by atoms with Crippen molar-refractivity contribution in [2.24, 2.45) is 4.99 Å². The second-order valence-electron chi connectivity index (χ2n) is 7.79. The molecular weight excluding hydrogens is 502 g/mol. The number of halogens is 4. The molecule has 1 fully saturated rings. The molecule has 0 spiro atoms. The van der Waals surface area contributed by atoms with Gasteiger partial charge in [0.25, 0.3) is 0 Å². The smallest absolute Gasteiger partial charge is 0.357 e. The molecule has 0 bridgehead atoms. The van der Waals surface area contributed by atoms with Gasteiger partial charge >= 0.3 is 6.18 Å². The summed E-state index contributed by atoms with van der Waals surface area (Å²) in [6.45, 7) is 12.6. The SMILES string of the molecule is CCNC(=NCc1nc(C(C)(C)C)cs1)N1CCN(C(C)C(F)(F)F)CC1.I. The number of piperazine rings is 1. The quantitative estimate of drug-likeness (QED) is 0.360. The highest BCUT2D eigenvalue weighted by molar-refractivity contribution is 14.0. The molecule has 0 amide bonds. The van der Waals surface area contributed by atoms with Gasteiger partial charge in [0.15, 0.2) is 5.96 Å². The minimum Gasteiger partial charge on any atom is -0.357 e. The summed E-state index contributed by atoms with van der Waals surface area (Å²) in [7, 11) is 0. The van der Waals surface area contributed by atoms with Crippen molar-refractivity contribution in [3.63, 3.8) is 0 Å². The van der Waals surface area contributed by atoms with Crippen LogP contribution in [0.3, 0.4) is 0 Å². The van der Waals surface area contributed by atoms with E-state index in [1.54, 1.807) is 11.3 Å². The molecule has 2 rings (SSSR count). The topological polar surface area (TPSA) is 43.8 Å². The predicted molar refractivity (Wildman–Crippen MR) is 120 cm³/mol. The van der Waals surface area contributed by atoms with Crippen molar-refractivity contribution in [3.8, 4) is 0 Å². The molecule has 162 valence electrons. The zero-order valence-corrected chi connectivity index (χ0v) is 20.3. The number of nitrogens with zero attached hydrogens (tertiary/aromatic N) is 4. The molecule has 2 heterocycles. The molecule has 1 aliphatic rings. The van der Waals surface area contributed by atoms with E-state index in [-0.39, 0.29) is 29.4 Å². The summed E-state index contributed by atoms with van der Waals surface area (Å²) >= 11 is 1.59. The van der Waals surface area contributed by atoms with Crippen molar-refractivity contribution in [3.05, 3.63) is 16.1 Å². The highest BCUT2D eigenvalue weighted by Crippen LogP contribution is 2.26. The van der Waals surface area contributed by atoms with Crippen molar-refractivity contribution in [2.75, 3.05) is 32.7 Å². The first kappa shape index (κ1) is 25.4. The minimum atomic E-state index is -4.18. The van der Waals surface area contributed by atoms with Gasteiger partial charge in [-0.1, -0.05) is 20.8 Å². The van der Waals surface area contributed by atoms with Crippen molar-refractivity contribution in [1.82, 2.24) is 20.1 Å². The fraction of sp³-hybridized carbons (Fsp3) is 0.778. The molecule has 1 N–H and O–H groups in total. The summed E-state index contributed by atoms with van der Waals surface area (Å²) in [6, 6.07) is -1.41. The molecule has 28 heavy (non-hydrogen) atoms. The van der Waals surface area contributed by atoms with E-state index in [2.05, 4.69) is 41.4 Å². The van der Waals surface area contributed by atoms with Gasteiger partial charge < -0.3 is 10.2 Å². The molecule has 1 saturated heterocycles. The summed E-state index contributed by atoms with van der Waals surface area (Å²) in [4.78, 5) is 12.8. The summed E-state index contributed by atoms with van der Waals surface area (Å²) in [5, 5.41) is 6.25. The van der Waals surface area contributed by atoms with E-state index in [0.717, 1.165) is 16.7 Å². The van der Waals surface area contributed by atoms with Crippen LogP contribution in [0.15, 0.2) is 10.4 Å². The normalized spacial score (nSPS) is 18.0. The molecule has 0 saturated carbocycles. The van der Waals surface area contributed by atoms with Crippen LogP contribution < -0.4 is 5.32 Å². The van der Waals surface area contributed by atoms with Gasteiger partial charge in [0.1, 0.15) is 11.0 Å². The number of hydrogen-bond donors (Lipinski definition) is 1. The summed E-state index contributed by atoms with van der Waals surface area (Å²) < 4.78 is 38.7. The van der Waals surface area contributed by atoms with E-state index in [1.165, 1.54) is 11.8 Å². The van der Waals surface area contributed by atoms with Crippen LogP contribution >= 0.6 is 35.3 Å². The maximum absolute atomic E-state index is 12.9. The van der Waals surface area contributed by atoms with E-state index in [9.17, 15) is 13.2 Å². The molecule has 0 radical (unpaired) electrons. The second-order valence-corrected chi connectivity index (χ2v) is 8.73. The Morgan fingerprint density at radius 1 is 1.25 bits per heavy atom. The molecule has 1 atom stereocenters. The maximum atomic E-state index is 12.9. The van der Waals surface area contributed by atoms with Gasteiger partial charge in [-0.25, -0.2) is 9.98 Å². The van der Waals surface area contributed by atoms with Crippen LogP contribution in [0.25, 0.3) is 0 Å². The summed E-state index contributed by atoms with van der Waals surface area (Å²) in [5.41, 5.74) is 1.06. The highest BCUT2D eigenvalue weighted by Gasteiger charge is 2.41. The monoisotopic (exact) mass is 533 g/mol. The molecule has 10 heteroatoms. The van der Waals surface area contributed by atoms with Crippen molar-refractivity contribution in [1.29, 1.82) is 0 Å². The molecule has 1 aromatic heterocycles. The maximum Gasteiger partial charge on any atom is 0.403 e. The van der Waals surface area contributed by atoms with E-state index in [4.69, 9.17) is 0 Å². The number of aromatic nitrogens is 1.